The zero-order chi connectivity index (χ0) is 19.7. The quantitative estimate of drug-likeness (QED) is 0.522. The van der Waals surface area contributed by atoms with Crippen molar-refractivity contribution in [3.8, 4) is 5.75 Å². The highest BCUT2D eigenvalue weighted by Gasteiger charge is 2.14. The van der Waals surface area contributed by atoms with Crippen molar-refractivity contribution in [3.63, 3.8) is 0 Å². The van der Waals surface area contributed by atoms with Crippen LogP contribution in [0, 0.1) is 0 Å². The summed E-state index contributed by atoms with van der Waals surface area (Å²) in [5.41, 5.74) is 1.96. The molecule has 28 heavy (non-hydrogen) atoms. The van der Waals surface area contributed by atoms with Crippen molar-refractivity contribution in [1.82, 2.24) is 4.57 Å². The molecule has 4 rings (SSSR count). The summed E-state index contributed by atoms with van der Waals surface area (Å²) >= 11 is 5.89. The largest absolute Gasteiger partial charge is 0.497 e. The average molecular weight is 393 g/mol. The van der Waals surface area contributed by atoms with Gasteiger partial charge in [-0.05, 0) is 54.6 Å². The highest BCUT2D eigenvalue weighted by molar-refractivity contribution is 6.30. The summed E-state index contributed by atoms with van der Waals surface area (Å²) in [6.45, 7) is 0.0618. The van der Waals surface area contributed by atoms with E-state index in [1.807, 2.05) is 22.8 Å². The fraction of sp³-hybridized carbons (Fsp3) is 0.0909. The molecule has 1 amide bonds. The van der Waals surface area contributed by atoms with E-state index in [1.54, 1.807) is 55.6 Å². The van der Waals surface area contributed by atoms with E-state index in [0.717, 1.165) is 0 Å². The third-order valence-electron chi connectivity index (χ3n) is 4.61. The highest BCUT2D eigenvalue weighted by atomic mass is 35.5. The lowest BCUT2D eigenvalue weighted by atomic mass is 10.1. The maximum Gasteiger partial charge on any atom is 0.244 e. The van der Waals surface area contributed by atoms with Crippen molar-refractivity contribution in [2.24, 2.45) is 0 Å². The van der Waals surface area contributed by atoms with Crippen LogP contribution in [0.2, 0.25) is 5.02 Å². The summed E-state index contributed by atoms with van der Waals surface area (Å²) < 4.78 is 7.10. The molecular weight excluding hydrogens is 376 g/mol. The summed E-state index contributed by atoms with van der Waals surface area (Å²) in [4.78, 5) is 25.6. The fourth-order valence-corrected chi connectivity index (χ4v) is 3.41. The molecule has 0 radical (unpaired) electrons. The first-order chi connectivity index (χ1) is 13.6. The summed E-state index contributed by atoms with van der Waals surface area (Å²) in [7, 11) is 1.56. The number of methoxy groups -OCH3 is 1. The van der Waals surface area contributed by atoms with E-state index in [-0.39, 0.29) is 17.9 Å². The summed E-state index contributed by atoms with van der Waals surface area (Å²) in [5, 5.41) is 4.53. The number of amides is 1. The molecule has 140 valence electrons. The molecule has 0 aliphatic carbocycles. The molecule has 0 unspecified atom stereocenters. The molecule has 0 aliphatic rings. The third kappa shape index (κ3) is 3.32. The van der Waals surface area contributed by atoms with Gasteiger partial charge in [0.15, 0.2) is 5.43 Å². The number of hydrogen-bond donors (Lipinski definition) is 1. The first-order valence-corrected chi connectivity index (χ1v) is 9.09. The van der Waals surface area contributed by atoms with Gasteiger partial charge < -0.3 is 14.6 Å². The summed E-state index contributed by atoms with van der Waals surface area (Å²) in [6, 6.07) is 19.5. The number of halogens is 1. The standard InChI is InChI=1S/C22H17ClN2O3/c1-28-16-10-11-20-18(12-16)22(27)17-4-2-3-5-19(17)25(20)13-21(26)24-15-8-6-14(23)7-9-15/h2-12H,13H2,1H3,(H,24,26). The molecule has 6 heteroatoms. The van der Waals surface area contributed by atoms with Crippen molar-refractivity contribution in [1.29, 1.82) is 0 Å². The number of fused-ring (bicyclic) bond motifs is 2. The van der Waals surface area contributed by atoms with E-state index in [1.165, 1.54) is 0 Å². The second-order valence-corrected chi connectivity index (χ2v) is 6.81. The van der Waals surface area contributed by atoms with E-state index in [2.05, 4.69) is 5.32 Å². The average Bonchev–Trinajstić information content (AvgIpc) is 2.72. The molecule has 0 spiro atoms. The van der Waals surface area contributed by atoms with Gasteiger partial charge in [0, 0.05) is 21.5 Å². The Hall–Kier alpha value is -3.31. The smallest absolute Gasteiger partial charge is 0.244 e. The lowest BCUT2D eigenvalue weighted by Gasteiger charge is -2.15. The predicted molar refractivity (Wildman–Crippen MR) is 112 cm³/mol. The van der Waals surface area contributed by atoms with Crippen LogP contribution in [0.15, 0.2) is 71.5 Å². The maximum absolute atomic E-state index is 12.9. The number of ether oxygens (including phenoxy) is 1. The number of aromatic nitrogens is 1. The van der Waals surface area contributed by atoms with Gasteiger partial charge in [-0.3, -0.25) is 9.59 Å². The first-order valence-electron chi connectivity index (χ1n) is 8.71. The second-order valence-electron chi connectivity index (χ2n) is 6.37. The van der Waals surface area contributed by atoms with Crippen molar-refractivity contribution < 1.29 is 9.53 Å². The van der Waals surface area contributed by atoms with Crippen LogP contribution in [0.3, 0.4) is 0 Å². The Kier molecular flexibility index (Phi) is 4.75. The Bertz CT molecular complexity index is 1250. The number of rotatable bonds is 4. The van der Waals surface area contributed by atoms with Crippen LogP contribution in [-0.4, -0.2) is 17.6 Å². The SMILES string of the molecule is COc1ccc2c(c1)c(=O)c1ccccc1n2CC(=O)Nc1ccc(Cl)cc1. The Morgan fingerprint density at radius 3 is 2.46 bits per heavy atom. The van der Waals surface area contributed by atoms with Crippen molar-refractivity contribution in [3.05, 3.63) is 82.0 Å². The van der Waals surface area contributed by atoms with Crippen LogP contribution in [-0.2, 0) is 11.3 Å². The number of anilines is 1. The van der Waals surface area contributed by atoms with Crippen molar-refractivity contribution >= 4 is 45.0 Å². The molecule has 0 aliphatic heterocycles. The third-order valence-corrected chi connectivity index (χ3v) is 4.86. The van der Waals surface area contributed by atoms with Crippen LogP contribution < -0.4 is 15.5 Å². The van der Waals surface area contributed by atoms with E-state index in [4.69, 9.17) is 16.3 Å². The number of hydrogen-bond acceptors (Lipinski definition) is 3. The number of benzene rings is 3. The Morgan fingerprint density at radius 2 is 1.71 bits per heavy atom. The van der Waals surface area contributed by atoms with Gasteiger partial charge in [-0.25, -0.2) is 0 Å². The number of pyridine rings is 1. The fourth-order valence-electron chi connectivity index (χ4n) is 3.28. The zero-order valence-electron chi connectivity index (χ0n) is 15.1. The monoisotopic (exact) mass is 392 g/mol. The molecule has 0 bridgehead atoms. The normalized spacial score (nSPS) is 10.9. The van der Waals surface area contributed by atoms with Crippen LogP contribution in [0.5, 0.6) is 5.75 Å². The zero-order valence-corrected chi connectivity index (χ0v) is 15.9. The lowest BCUT2D eigenvalue weighted by molar-refractivity contribution is -0.116. The van der Waals surface area contributed by atoms with Crippen LogP contribution in [0.1, 0.15) is 0 Å². The maximum atomic E-state index is 12.9. The summed E-state index contributed by atoms with van der Waals surface area (Å²) in [5.74, 6) is 0.394. The first kappa shape index (κ1) is 18.1. The Balaban J connectivity index is 1.82. The van der Waals surface area contributed by atoms with Gasteiger partial charge in [-0.2, -0.15) is 0 Å². The topological polar surface area (TPSA) is 60.3 Å². The van der Waals surface area contributed by atoms with Gasteiger partial charge in [-0.15, -0.1) is 0 Å². The minimum absolute atomic E-state index is 0.0618. The Morgan fingerprint density at radius 1 is 1.00 bits per heavy atom. The van der Waals surface area contributed by atoms with Crippen molar-refractivity contribution in [2.75, 3.05) is 12.4 Å². The van der Waals surface area contributed by atoms with Gasteiger partial charge in [-0.1, -0.05) is 23.7 Å². The van der Waals surface area contributed by atoms with Crippen molar-refractivity contribution in [2.45, 2.75) is 6.54 Å². The van der Waals surface area contributed by atoms with E-state index >= 15 is 0 Å². The molecule has 5 nitrogen and oxygen atoms in total. The van der Waals surface area contributed by atoms with Gasteiger partial charge in [0.1, 0.15) is 12.3 Å². The van der Waals surface area contributed by atoms with Gasteiger partial charge in [0.2, 0.25) is 5.91 Å². The minimum Gasteiger partial charge on any atom is -0.497 e. The van der Waals surface area contributed by atoms with Gasteiger partial charge in [0.05, 0.1) is 18.1 Å². The molecule has 0 atom stereocenters. The van der Waals surface area contributed by atoms with Crippen LogP contribution in [0.4, 0.5) is 5.69 Å². The molecule has 3 aromatic carbocycles. The molecule has 0 saturated heterocycles. The number of nitrogens with zero attached hydrogens (tertiary/aromatic N) is 1. The molecule has 0 saturated carbocycles. The van der Waals surface area contributed by atoms with E-state index < -0.39 is 0 Å². The molecular formula is C22H17ClN2O3. The van der Waals surface area contributed by atoms with E-state index in [0.29, 0.717) is 38.3 Å². The number of carbonyl (C=O) groups excluding carboxylic acids is 1. The predicted octanol–water partition coefficient (Wildman–Crippen LogP) is 4.46. The minimum atomic E-state index is -0.201. The molecule has 1 heterocycles. The highest BCUT2D eigenvalue weighted by Crippen LogP contribution is 2.23. The number of carbonyl (C=O) groups is 1. The van der Waals surface area contributed by atoms with E-state index in [9.17, 15) is 9.59 Å². The second kappa shape index (κ2) is 7.37. The molecule has 4 aromatic rings. The van der Waals surface area contributed by atoms with Gasteiger partial charge in [0.25, 0.3) is 0 Å². The summed E-state index contributed by atoms with van der Waals surface area (Å²) in [6.07, 6.45) is 0. The number of nitrogens with one attached hydrogen (secondary N) is 1. The molecule has 0 fully saturated rings. The van der Waals surface area contributed by atoms with Crippen LogP contribution in [0.25, 0.3) is 21.8 Å². The van der Waals surface area contributed by atoms with Gasteiger partial charge >= 0.3 is 0 Å². The number of para-hydroxylation sites is 1. The van der Waals surface area contributed by atoms with Crippen LogP contribution >= 0.6 is 11.6 Å². The molecule has 1 N–H and O–H groups in total. The molecule has 1 aromatic heterocycles. The lowest BCUT2D eigenvalue weighted by Crippen LogP contribution is -2.21. The Labute approximate surface area is 166 Å².